The molecule has 2 saturated heterocycles. The van der Waals surface area contributed by atoms with Gasteiger partial charge < -0.3 is 14.7 Å². The molecule has 2 aliphatic heterocycles. The molecule has 0 aliphatic carbocycles. The Bertz CT molecular complexity index is 727. The Morgan fingerprint density at radius 1 is 1.30 bits per heavy atom. The van der Waals surface area contributed by atoms with Crippen molar-refractivity contribution in [3.63, 3.8) is 0 Å². The Balaban J connectivity index is 1.51. The molecule has 1 aromatic heterocycles. The van der Waals surface area contributed by atoms with Crippen LogP contribution in [0.25, 0.3) is 11.4 Å². The van der Waals surface area contributed by atoms with Gasteiger partial charge in [0.25, 0.3) is 0 Å². The predicted octanol–water partition coefficient (Wildman–Crippen LogP) is 1.90. The number of nitrogens with one attached hydrogen (secondary N) is 1. The van der Waals surface area contributed by atoms with Crippen molar-refractivity contribution in [3.05, 3.63) is 35.7 Å². The summed E-state index contributed by atoms with van der Waals surface area (Å²) >= 11 is 0. The second kappa shape index (κ2) is 5.77. The van der Waals surface area contributed by atoms with E-state index < -0.39 is 0 Å². The fourth-order valence-electron chi connectivity index (χ4n) is 3.48. The minimum atomic E-state index is 0.167. The molecule has 0 radical (unpaired) electrons. The fourth-order valence-corrected chi connectivity index (χ4v) is 3.48. The fraction of sp³-hybridized carbons (Fsp3) is 0.471. The van der Waals surface area contributed by atoms with Crippen LogP contribution < -0.4 is 5.32 Å². The molecule has 0 spiro atoms. The topological polar surface area (TPSA) is 71.3 Å². The van der Waals surface area contributed by atoms with E-state index in [-0.39, 0.29) is 5.91 Å². The van der Waals surface area contributed by atoms with Gasteiger partial charge in [0.2, 0.25) is 17.6 Å². The number of likely N-dealkylation sites (tertiary alicyclic amines) is 1. The first kappa shape index (κ1) is 14.4. The van der Waals surface area contributed by atoms with Crippen molar-refractivity contribution >= 4 is 5.91 Å². The minimum absolute atomic E-state index is 0.167. The molecule has 2 fully saturated rings. The number of carbonyl (C=O) groups is 1. The maximum atomic E-state index is 12.3. The van der Waals surface area contributed by atoms with Gasteiger partial charge in [0.1, 0.15) is 6.54 Å². The highest BCUT2D eigenvalue weighted by Crippen LogP contribution is 2.23. The second-order valence-corrected chi connectivity index (χ2v) is 6.44. The first-order valence-corrected chi connectivity index (χ1v) is 8.11. The van der Waals surface area contributed by atoms with Crippen LogP contribution in [0.15, 0.2) is 28.8 Å². The molecule has 1 amide bonds. The van der Waals surface area contributed by atoms with Crippen molar-refractivity contribution in [2.24, 2.45) is 0 Å². The molecular formula is C17H20N4O2. The molecule has 23 heavy (non-hydrogen) atoms. The van der Waals surface area contributed by atoms with Gasteiger partial charge in [-0.1, -0.05) is 29.4 Å². The van der Waals surface area contributed by atoms with Crippen molar-refractivity contribution in [3.8, 4) is 11.4 Å². The van der Waals surface area contributed by atoms with E-state index in [9.17, 15) is 4.79 Å². The number of carbonyl (C=O) groups excluding carboxylic acids is 1. The highest BCUT2D eigenvalue weighted by molar-refractivity contribution is 5.77. The molecule has 120 valence electrons. The van der Waals surface area contributed by atoms with Crippen molar-refractivity contribution in [2.75, 3.05) is 6.54 Å². The summed E-state index contributed by atoms with van der Waals surface area (Å²) in [6.07, 6.45) is 2.80. The van der Waals surface area contributed by atoms with Crippen LogP contribution in [-0.2, 0) is 11.3 Å². The lowest BCUT2D eigenvalue weighted by Crippen LogP contribution is -2.37. The predicted molar refractivity (Wildman–Crippen MR) is 84.5 cm³/mol. The third-order valence-electron chi connectivity index (χ3n) is 4.73. The number of fused-ring (bicyclic) bond motifs is 2. The normalized spacial score (nSPS) is 24.0. The van der Waals surface area contributed by atoms with Crippen molar-refractivity contribution in [1.29, 1.82) is 0 Å². The van der Waals surface area contributed by atoms with Crippen LogP contribution in [0.1, 0.15) is 30.7 Å². The van der Waals surface area contributed by atoms with Gasteiger partial charge in [0, 0.05) is 30.6 Å². The van der Waals surface area contributed by atoms with E-state index in [1.165, 1.54) is 0 Å². The number of hydrogen-bond acceptors (Lipinski definition) is 5. The van der Waals surface area contributed by atoms with E-state index >= 15 is 0 Å². The maximum Gasteiger partial charge on any atom is 0.246 e. The zero-order chi connectivity index (χ0) is 15.8. The van der Waals surface area contributed by atoms with Gasteiger partial charge in [-0.25, -0.2) is 0 Å². The average Bonchev–Trinajstić information content (AvgIpc) is 3.13. The van der Waals surface area contributed by atoms with E-state index in [0.717, 1.165) is 30.5 Å². The summed E-state index contributed by atoms with van der Waals surface area (Å²) in [4.78, 5) is 18.6. The van der Waals surface area contributed by atoms with Gasteiger partial charge in [-0.05, 0) is 25.3 Å². The molecule has 2 aromatic rings. The van der Waals surface area contributed by atoms with Crippen LogP contribution >= 0.6 is 0 Å². The molecular weight excluding hydrogens is 292 g/mol. The Morgan fingerprint density at radius 2 is 2.13 bits per heavy atom. The zero-order valence-electron chi connectivity index (χ0n) is 13.2. The van der Waals surface area contributed by atoms with Crippen LogP contribution in [0.2, 0.25) is 0 Å². The second-order valence-electron chi connectivity index (χ2n) is 6.44. The number of amides is 1. The van der Waals surface area contributed by atoms with E-state index in [4.69, 9.17) is 4.52 Å². The van der Waals surface area contributed by atoms with Crippen LogP contribution in [0, 0.1) is 6.92 Å². The van der Waals surface area contributed by atoms with Gasteiger partial charge in [-0.2, -0.15) is 4.98 Å². The van der Waals surface area contributed by atoms with Crippen LogP contribution in [0.3, 0.4) is 0 Å². The zero-order valence-corrected chi connectivity index (χ0v) is 13.2. The van der Waals surface area contributed by atoms with E-state index in [1.807, 2.05) is 36.1 Å². The highest BCUT2D eigenvalue weighted by atomic mass is 16.5. The average molecular weight is 312 g/mol. The molecule has 1 aromatic carbocycles. The number of aryl methyl sites for hydroxylation is 1. The minimum Gasteiger partial charge on any atom is -0.337 e. The summed E-state index contributed by atoms with van der Waals surface area (Å²) in [5.41, 5.74) is 2.07. The summed E-state index contributed by atoms with van der Waals surface area (Å²) in [5, 5.41) is 7.58. The maximum absolute atomic E-state index is 12.3. The number of nitrogens with zero attached hydrogens (tertiary/aromatic N) is 3. The first-order chi connectivity index (χ1) is 11.2. The van der Waals surface area contributed by atoms with E-state index in [2.05, 4.69) is 15.5 Å². The Kier molecular flexibility index (Phi) is 3.61. The summed E-state index contributed by atoms with van der Waals surface area (Å²) in [5.74, 6) is 1.25. The molecule has 1 N–H and O–H groups in total. The molecule has 3 heterocycles. The molecule has 0 unspecified atom stereocenters. The van der Waals surface area contributed by atoms with Crippen molar-refractivity contribution < 1.29 is 9.32 Å². The summed E-state index contributed by atoms with van der Waals surface area (Å²) < 4.78 is 5.37. The first-order valence-electron chi connectivity index (χ1n) is 8.11. The van der Waals surface area contributed by atoms with Gasteiger partial charge in [0.05, 0.1) is 0 Å². The van der Waals surface area contributed by atoms with E-state index in [0.29, 0.717) is 36.8 Å². The van der Waals surface area contributed by atoms with Gasteiger partial charge in [-0.3, -0.25) is 4.79 Å². The molecule has 2 atom stereocenters. The lowest BCUT2D eigenvalue weighted by molar-refractivity contribution is -0.132. The van der Waals surface area contributed by atoms with Crippen LogP contribution in [-0.4, -0.2) is 39.6 Å². The van der Waals surface area contributed by atoms with Gasteiger partial charge in [-0.15, -0.1) is 0 Å². The number of rotatable bonds is 3. The lowest BCUT2D eigenvalue weighted by atomic mass is 10.1. The monoisotopic (exact) mass is 312 g/mol. The Morgan fingerprint density at radius 3 is 3.00 bits per heavy atom. The standard InChI is InChI=1S/C17H20N4O2/c1-11-4-2-3-5-14(11)17-19-15(23-20-17)10-21-9-13-7-6-12(18-13)8-16(21)22/h2-5,12-13,18H,6-10H2,1H3/t12-,13+/m1/s1. The third-order valence-corrected chi connectivity index (χ3v) is 4.73. The van der Waals surface area contributed by atoms with Crippen molar-refractivity contribution in [1.82, 2.24) is 20.4 Å². The Hall–Kier alpha value is -2.21. The largest absolute Gasteiger partial charge is 0.337 e. The highest BCUT2D eigenvalue weighted by Gasteiger charge is 2.34. The summed E-state index contributed by atoms with van der Waals surface area (Å²) in [6.45, 7) is 3.13. The Labute approximate surface area is 134 Å². The molecule has 6 nitrogen and oxygen atoms in total. The lowest BCUT2D eigenvalue weighted by Gasteiger charge is -2.22. The molecule has 0 saturated carbocycles. The third kappa shape index (κ3) is 2.86. The van der Waals surface area contributed by atoms with E-state index in [1.54, 1.807) is 0 Å². The number of aromatic nitrogens is 2. The molecule has 6 heteroatoms. The molecule has 2 aliphatic rings. The summed E-state index contributed by atoms with van der Waals surface area (Å²) in [7, 11) is 0. The number of hydrogen-bond donors (Lipinski definition) is 1. The van der Waals surface area contributed by atoms with Crippen LogP contribution in [0.4, 0.5) is 0 Å². The quantitative estimate of drug-likeness (QED) is 0.937. The van der Waals surface area contributed by atoms with Crippen LogP contribution in [0.5, 0.6) is 0 Å². The summed E-state index contributed by atoms with van der Waals surface area (Å²) in [6, 6.07) is 8.67. The molecule has 4 rings (SSSR count). The number of benzene rings is 1. The van der Waals surface area contributed by atoms with Crippen molar-refractivity contribution in [2.45, 2.75) is 44.8 Å². The van der Waals surface area contributed by atoms with Gasteiger partial charge >= 0.3 is 0 Å². The van der Waals surface area contributed by atoms with Gasteiger partial charge in [0.15, 0.2) is 0 Å². The SMILES string of the molecule is Cc1ccccc1-c1noc(CN2C[C@@H]3CC[C@H](CC2=O)N3)n1. The smallest absolute Gasteiger partial charge is 0.246 e. The molecule has 2 bridgehead atoms.